The van der Waals surface area contributed by atoms with Crippen LogP contribution in [0.3, 0.4) is 0 Å². The number of hydrogen-bond acceptors (Lipinski definition) is 3. The Kier molecular flexibility index (Phi) is 5.45. The number of nitrogens with zero attached hydrogens (tertiary/aromatic N) is 1. The van der Waals surface area contributed by atoms with Gasteiger partial charge in [-0.25, -0.2) is 0 Å². The molecule has 3 nitrogen and oxygen atoms in total. The topological polar surface area (TPSA) is 32.7 Å². The standard InChI is InChI=1S/C14H23NO2/c1-11(15(3)10-12(2)16)9-13-7-5-6-8-14(13)17-4/h5-8,11-12,16H,9-10H2,1-4H3/t11?,12-/m1/s1. The average Bonchev–Trinajstić information content (AvgIpc) is 2.28. The van der Waals surface area contributed by atoms with Crippen molar-refractivity contribution >= 4 is 0 Å². The second kappa shape index (κ2) is 6.62. The lowest BCUT2D eigenvalue weighted by Gasteiger charge is -2.26. The van der Waals surface area contributed by atoms with E-state index in [2.05, 4.69) is 17.9 Å². The molecule has 17 heavy (non-hydrogen) atoms. The van der Waals surface area contributed by atoms with Gasteiger partial charge in [0.1, 0.15) is 5.75 Å². The quantitative estimate of drug-likeness (QED) is 0.820. The van der Waals surface area contributed by atoms with Crippen LogP contribution < -0.4 is 4.74 Å². The maximum Gasteiger partial charge on any atom is 0.122 e. The lowest BCUT2D eigenvalue weighted by atomic mass is 10.0. The van der Waals surface area contributed by atoms with Gasteiger partial charge in [0.2, 0.25) is 0 Å². The van der Waals surface area contributed by atoms with Crippen LogP contribution in [0.1, 0.15) is 19.4 Å². The van der Waals surface area contributed by atoms with Crippen LogP contribution in [-0.2, 0) is 6.42 Å². The average molecular weight is 237 g/mol. The molecule has 0 saturated carbocycles. The third kappa shape index (κ3) is 4.36. The first-order valence-electron chi connectivity index (χ1n) is 6.04. The SMILES string of the molecule is COc1ccccc1CC(C)N(C)C[C@@H](C)O. The van der Waals surface area contributed by atoms with Crippen molar-refractivity contribution in [2.45, 2.75) is 32.4 Å². The predicted molar refractivity (Wildman–Crippen MR) is 70.5 cm³/mol. The fraction of sp³-hybridized carbons (Fsp3) is 0.571. The van der Waals surface area contributed by atoms with Gasteiger partial charge in [-0.05, 0) is 38.9 Å². The van der Waals surface area contributed by atoms with Gasteiger partial charge in [0.15, 0.2) is 0 Å². The maximum atomic E-state index is 9.37. The van der Waals surface area contributed by atoms with E-state index in [4.69, 9.17) is 4.74 Å². The molecule has 96 valence electrons. The fourth-order valence-corrected chi connectivity index (χ4v) is 1.94. The molecule has 0 bridgehead atoms. The van der Waals surface area contributed by atoms with Crippen molar-refractivity contribution in [2.24, 2.45) is 0 Å². The van der Waals surface area contributed by atoms with Crippen molar-refractivity contribution in [3.8, 4) is 5.75 Å². The third-order valence-corrected chi connectivity index (χ3v) is 3.01. The number of likely N-dealkylation sites (N-methyl/N-ethyl adjacent to an activating group) is 1. The first kappa shape index (κ1) is 14.0. The van der Waals surface area contributed by atoms with Crippen LogP contribution in [0.4, 0.5) is 0 Å². The molecule has 0 spiro atoms. The zero-order valence-electron chi connectivity index (χ0n) is 11.2. The summed E-state index contributed by atoms with van der Waals surface area (Å²) >= 11 is 0. The van der Waals surface area contributed by atoms with Crippen molar-refractivity contribution in [1.82, 2.24) is 4.90 Å². The Labute approximate surface area is 104 Å². The summed E-state index contributed by atoms with van der Waals surface area (Å²) in [7, 11) is 3.73. The van der Waals surface area contributed by atoms with E-state index in [-0.39, 0.29) is 6.10 Å². The molecule has 0 fully saturated rings. The predicted octanol–water partition coefficient (Wildman–Crippen LogP) is 1.94. The van der Waals surface area contributed by atoms with E-state index in [0.717, 1.165) is 12.2 Å². The lowest BCUT2D eigenvalue weighted by molar-refractivity contribution is 0.121. The van der Waals surface area contributed by atoms with Gasteiger partial charge < -0.3 is 14.7 Å². The summed E-state index contributed by atoms with van der Waals surface area (Å²) in [4.78, 5) is 2.16. The summed E-state index contributed by atoms with van der Waals surface area (Å²) in [5.74, 6) is 0.935. The molecule has 0 saturated heterocycles. The maximum absolute atomic E-state index is 9.37. The number of rotatable bonds is 6. The Balaban J connectivity index is 2.63. The van der Waals surface area contributed by atoms with Gasteiger partial charge in [0.05, 0.1) is 13.2 Å². The van der Waals surface area contributed by atoms with Crippen molar-refractivity contribution < 1.29 is 9.84 Å². The van der Waals surface area contributed by atoms with Crippen LogP contribution >= 0.6 is 0 Å². The first-order chi connectivity index (χ1) is 8.04. The molecule has 1 aromatic carbocycles. The summed E-state index contributed by atoms with van der Waals surface area (Å²) in [5.41, 5.74) is 1.21. The number of methoxy groups -OCH3 is 1. The Morgan fingerprint density at radius 2 is 1.94 bits per heavy atom. The molecule has 1 aromatic rings. The monoisotopic (exact) mass is 237 g/mol. The molecular weight excluding hydrogens is 214 g/mol. The van der Waals surface area contributed by atoms with E-state index in [9.17, 15) is 5.11 Å². The minimum Gasteiger partial charge on any atom is -0.496 e. The fourth-order valence-electron chi connectivity index (χ4n) is 1.94. The molecule has 0 aromatic heterocycles. The molecule has 0 aliphatic rings. The van der Waals surface area contributed by atoms with E-state index in [1.807, 2.05) is 32.2 Å². The molecule has 0 amide bonds. The highest BCUT2D eigenvalue weighted by atomic mass is 16.5. The van der Waals surface area contributed by atoms with Gasteiger partial charge in [0, 0.05) is 12.6 Å². The van der Waals surface area contributed by atoms with Gasteiger partial charge in [-0.2, -0.15) is 0 Å². The molecule has 3 heteroatoms. The van der Waals surface area contributed by atoms with Gasteiger partial charge in [-0.1, -0.05) is 18.2 Å². The Morgan fingerprint density at radius 3 is 2.53 bits per heavy atom. The van der Waals surface area contributed by atoms with E-state index >= 15 is 0 Å². The molecule has 0 heterocycles. The Hall–Kier alpha value is -1.06. The van der Waals surface area contributed by atoms with Crippen molar-refractivity contribution in [2.75, 3.05) is 20.7 Å². The number of aliphatic hydroxyl groups excluding tert-OH is 1. The van der Waals surface area contributed by atoms with Crippen LogP contribution in [0.2, 0.25) is 0 Å². The zero-order valence-corrected chi connectivity index (χ0v) is 11.2. The number of aliphatic hydroxyl groups is 1. The van der Waals surface area contributed by atoms with Gasteiger partial charge >= 0.3 is 0 Å². The second-order valence-corrected chi connectivity index (χ2v) is 4.65. The second-order valence-electron chi connectivity index (χ2n) is 4.65. The minimum absolute atomic E-state index is 0.292. The molecule has 2 atom stereocenters. The van der Waals surface area contributed by atoms with Crippen molar-refractivity contribution in [1.29, 1.82) is 0 Å². The number of ether oxygens (including phenoxy) is 1. The molecular formula is C14H23NO2. The Bertz CT molecular complexity index is 339. The molecule has 1 unspecified atom stereocenters. The highest BCUT2D eigenvalue weighted by molar-refractivity contribution is 5.33. The van der Waals surface area contributed by atoms with Crippen LogP contribution in [0.15, 0.2) is 24.3 Å². The van der Waals surface area contributed by atoms with Crippen molar-refractivity contribution in [3.63, 3.8) is 0 Å². The molecule has 0 aliphatic carbocycles. The highest BCUT2D eigenvalue weighted by Crippen LogP contribution is 2.20. The van der Waals surface area contributed by atoms with Crippen LogP contribution in [0.5, 0.6) is 5.75 Å². The van der Waals surface area contributed by atoms with Gasteiger partial charge in [-0.15, -0.1) is 0 Å². The highest BCUT2D eigenvalue weighted by Gasteiger charge is 2.13. The van der Waals surface area contributed by atoms with Crippen LogP contribution in [0.25, 0.3) is 0 Å². The molecule has 1 N–H and O–H groups in total. The van der Waals surface area contributed by atoms with Crippen LogP contribution in [-0.4, -0.2) is 42.9 Å². The summed E-state index contributed by atoms with van der Waals surface area (Å²) in [5, 5.41) is 9.37. The number of benzene rings is 1. The van der Waals surface area contributed by atoms with E-state index < -0.39 is 0 Å². The third-order valence-electron chi connectivity index (χ3n) is 3.01. The summed E-state index contributed by atoms with van der Waals surface area (Å²) in [6, 6.07) is 8.45. The lowest BCUT2D eigenvalue weighted by Crippen LogP contribution is -2.36. The number of para-hydroxylation sites is 1. The first-order valence-corrected chi connectivity index (χ1v) is 6.04. The summed E-state index contributed by atoms with van der Waals surface area (Å²) in [6.07, 6.45) is 0.632. The van der Waals surface area contributed by atoms with E-state index in [1.165, 1.54) is 5.56 Å². The van der Waals surface area contributed by atoms with E-state index in [0.29, 0.717) is 12.6 Å². The van der Waals surface area contributed by atoms with Crippen molar-refractivity contribution in [3.05, 3.63) is 29.8 Å². The summed E-state index contributed by atoms with van der Waals surface area (Å²) < 4.78 is 5.34. The van der Waals surface area contributed by atoms with E-state index in [1.54, 1.807) is 7.11 Å². The molecule has 0 radical (unpaired) electrons. The minimum atomic E-state index is -0.292. The Morgan fingerprint density at radius 1 is 1.29 bits per heavy atom. The summed E-state index contributed by atoms with van der Waals surface area (Å²) in [6.45, 7) is 4.66. The smallest absolute Gasteiger partial charge is 0.122 e. The molecule has 0 aliphatic heterocycles. The largest absolute Gasteiger partial charge is 0.496 e. The normalized spacial score (nSPS) is 14.7. The number of hydrogen-bond donors (Lipinski definition) is 1. The molecule has 1 rings (SSSR count). The van der Waals surface area contributed by atoms with Gasteiger partial charge in [0.25, 0.3) is 0 Å². The van der Waals surface area contributed by atoms with Crippen LogP contribution in [0, 0.1) is 0 Å². The van der Waals surface area contributed by atoms with Gasteiger partial charge in [-0.3, -0.25) is 0 Å². The zero-order chi connectivity index (χ0) is 12.8.